The largest absolute Gasteiger partial charge is 0.455 e. The number of benzene rings is 2. The van der Waals surface area contributed by atoms with Crippen LogP contribution >= 0.6 is 0 Å². The molecule has 0 radical (unpaired) electrons. The Morgan fingerprint density at radius 2 is 1.86 bits per heavy atom. The number of unbranched alkanes of at least 4 members (excludes halogenated alkanes) is 1. The minimum absolute atomic E-state index is 0.370. The number of carbonyl (C=O) groups is 1. The van der Waals surface area contributed by atoms with Gasteiger partial charge in [-0.2, -0.15) is 0 Å². The number of nitrogen functional groups attached to an aromatic ring is 1. The molecule has 4 nitrogen and oxygen atoms in total. The van der Waals surface area contributed by atoms with E-state index >= 15 is 0 Å². The molecule has 0 saturated carbocycles. The van der Waals surface area contributed by atoms with Crippen molar-refractivity contribution in [2.24, 2.45) is 5.73 Å². The van der Waals surface area contributed by atoms with Crippen LogP contribution in [0.4, 0.5) is 5.69 Å². The van der Waals surface area contributed by atoms with E-state index < -0.39 is 5.91 Å². The number of anilines is 1. The van der Waals surface area contributed by atoms with Gasteiger partial charge < -0.3 is 16.2 Å². The minimum Gasteiger partial charge on any atom is -0.455 e. The fourth-order valence-electron chi connectivity index (χ4n) is 2.03. The summed E-state index contributed by atoms with van der Waals surface area (Å²) in [6.07, 6.45) is 3.44. The van der Waals surface area contributed by atoms with Gasteiger partial charge in [0, 0.05) is 5.56 Å². The highest BCUT2D eigenvalue weighted by molar-refractivity contribution is 5.94. The molecule has 0 aliphatic heterocycles. The average Bonchev–Trinajstić information content (AvgIpc) is 2.48. The number of rotatable bonds is 6. The van der Waals surface area contributed by atoms with Gasteiger partial charge in [-0.3, -0.25) is 4.79 Å². The van der Waals surface area contributed by atoms with Gasteiger partial charge in [0.25, 0.3) is 0 Å². The van der Waals surface area contributed by atoms with Crippen molar-refractivity contribution < 1.29 is 9.53 Å². The second-order valence-electron chi connectivity index (χ2n) is 4.97. The number of aryl methyl sites for hydroxylation is 1. The number of primary amides is 1. The van der Waals surface area contributed by atoms with Gasteiger partial charge in [0.15, 0.2) is 0 Å². The third-order valence-corrected chi connectivity index (χ3v) is 3.26. The van der Waals surface area contributed by atoms with Crippen molar-refractivity contribution in [2.75, 3.05) is 5.73 Å². The highest BCUT2D eigenvalue weighted by Crippen LogP contribution is 2.28. The molecule has 2 rings (SSSR count). The Balaban J connectivity index is 2.09. The second kappa shape index (κ2) is 6.79. The molecule has 0 atom stereocenters. The lowest BCUT2D eigenvalue weighted by Gasteiger charge is -2.10. The van der Waals surface area contributed by atoms with Crippen LogP contribution in [0.5, 0.6) is 11.5 Å². The van der Waals surface area contributed by atoms with E-state index in [-0.39, 0.29) is 0 Å². The van der Waals surface area contributed by atoms with Crippen molar-refractivity contribution in [1.82, 2.24) is 0 Å². The van der Waals surface area contributed by atoms with Crippen molar-refractivity contribution in [3.05, 3.63) is 53.6 Å². The van der Waals surface area contributed by atoms with Gasteiger partial charge in [-0.1, -0.05) is 25.5 Å². The van der Waals surface area contributed by atoms with E-state index in [4.69, 9.17) is 16.2 Å². The minimum atomic E-state index is -0.506. The Kier molecular flexibility index (Phi) is 4.82. The molecule has 110 valence electrons. The quantitative estimate of drug-likeness (QED) is 0.797. The van der Waals surface area contributed by atoms with E-state index in [1.54, 1.807) is 12.1 Å². The SMILES string of the molecule is CCCCc1ccc(Oc2ccc(C(N)=O)cc2N)cc1. The highest BCUT2D eigenvalue weighted by Gasteiger charge is 2.06. The Morgan fingerprint density at radius 1 is 1.14 bits per heavy atom. The highest BCUT2D eigenvalue weighted by atomic mass is 16.5. The molecule has 2 aromatic carbocycles. The lowest BCUT2D eigenvalue weighted by Crippen LogP contribution is -2.11. The standard InChI is InChI=1S/C17H20N2O2/c1-2-3-4-12-5-8-14(9-6-12)21-16-10-7-13(17(19)20)11-15(16)18/h5-11H,2-4,18H2,1H3,(H2,19,20). The monoisotopic (exact) mass is 284 g/mol. The number of nitrogens with two attached hydrogens (primary N) is 2. The summed E-state index contributed by atoms with van der Waals surface area (Å²) in [5.41, 5.74) is 13.1. The van der Waals surface area contributed by atoms with Crippen LogP contribution in [-0.4, -0.2) is 5.91 Å². The zero-order chi connectivity index (χ0) is 15.2. The number of carbonyl (C=O) groups excluding carboxylic acids is 1. The van der Waals surface area contributed by atoms with Crippen LogP contribution in [0.1, 0.15) is 35.7 Å². The number of hydrogen-bond acceptors (Lipinski definition) is 3. The Bertz CT molecular complexity index is 621. The first-order valence-electron chi connectivity index (χ1n) is 7.06. The van der Waals surface area contributed by atoms with E-state index in [1.807, 2.05) is 12.1 Å². The number of ether oxygens (including phenoxy) is 1. The topological polar surface area (TPSA) is 78.3 Å². The molecule has 4 N–H and O–H groups in total. The summed E-state index contributed by atoms with van der Waals surface area (Å²) < 4.78 is 5.73. The van der Waals surface area contributed by atoms with Crippen LogP contribution in [0.3, 0.4) is 0 Å². The Morgan fingerprint density at radius 3 is 2.43 bits per heavy atom. The molecule has 0 saturated heterocycles. The van der Waals surface area contributed by atoms with E-state index in [0.717, 1.165) is 6.42 Å². The van der Waals surface area contributed by atoms with Crippen LogP contribution in [0.25, 0.3) is 0 Å². The molecule has 0 aliphatic carbocycles. The zero-order valence-corrected chi connectivity index (χ0v) is 12.1. The molecule has 4 heteroatoms. The molecule has 0 aromatic heterocycles. The summed E-state index contributed by atoms with van der Waals surface area (Å²) in [4.78, 5) is 11.1. The lowest BCUT2D eigenvalue weighted by atomic mass is 10.1. The zero-order valence-electron chi connectivity index (χ0n) is 12.1. The summed E-state index contributed by atoms with van der Waals surface area (Å²) in [7, 11) is 0. The molecule has 0 heterocycles. The third kappa shape index (κ3) is 3.99. The van der Waals surface area contributed by atoms with Gasteiger partial charge in [-0.05, 0) is 48.7 Å². The fraction of sp³-hybridized carbons (Fsp3) is 0.235. The summed E-state index contributed by atoms with van der Waals surface area (Å²) in [5.74, 6) is 0.726. The molecule has 1 amide bonds. The maximum absolute atomic E-state index is 11.1. The molecule has 0 unspecified atom stereocenters. The van der Waals surface area contributed by atoms with Gasteiger partial charge in [0.2, 0.25) is 5.91 Å². The van der Waals surface area contributed by atoms with Crippen molar-refractivity contribution >= 4 is 11.6 Å². The van der Waals surface area contributed by atoms with Crippen LogP contribution in [0.15, 0.2) is 42.5 Å². The molecule has 2 aromatic rings. The van der Waals surface area contributed by atoms with E-state index in [1.165, 1.54) is 24.5 Å². The van der Waals surface area contributed by atoms with Crippen LogP contribution in [-0.2, 0) is 6.42 Å². The number of amides is 1. The molecule has 21 heavy (non-hydrogen) atoms. The van der Waals surface area contributed by atoms with E-state index in [2.05, 4.69) is 19.1 Å². The lowest BCUT2D eigenvalue weighted by molar-refractivity contribution is 0.100. The molecular weight excluding hydrogens is 264 g/mol. The fourth-order valence-corrected chi connectivity index (χ4v) is 2.03. The first-order chi connectivity index (χ1) is 10.1. The van der Waals surface area contributed by atoms with Gasteiger partial charge in [0.1, 0.15) is 11.5 Å². The van der Waals surface area contributed by atoms with Gasteiger partial charge >= 0.3 is 0 Å². The first kappa shape index (κ1) is 14.9. The Hall–Kier alpha value is -2.49. The summed E-state index contributed by atoms with van der Waals surface area (Å²) in [6, 6.07) is 12.7. The molecule has 0 fully saturated rings. The molecule has 0 bridgehead atoms. The average molecular weight is 284 g/mol. The van der Waals surface area contributed by atoms with E-state index in [0.29, 0.717) is 22.7 Å². The summed E-state index contributed by atoms with van der Waals surface area (Å²) in [5, 5.41) is 0. The molecule has 0 aliphatic rings. The second-order valence-corrected chi connectivity index (χ2v) is 4.97. The van der Waals surface area contributed by atoms with Gasteiger partial charge in [0.05, 0.1) is 5.69 Å². The Labute approximate surface area is 124 Å². The normalized spacial score (nSPS) is 10.3. The van der Waals surface area contributed by atoms with Crippen molar-refractivity contribution in [2.45, 2.75) is 26.2 Å². The third-order valence-electron chi connectivity index (χ3n) is 3.26. The molecular formula is C17H20N2O2. The van der Waals surface area contributed by atoms with Gasteiger partial charge in [-0.25, -0.2) is 0 Å². The van der Waals surface area contributed by atoms with Crippen molar-refractivity contribution in [3.63, 3.8) is 0 Å². The smallest absolute Gasteiger partial charge is 0.248 e. The van der Waals surface area contributed by atoms with Crippen molar-refractivity contribution in [1.29, 1.82) is 0 Å². The van der Waals surface area contributed by atoms with E-state index in [9.17, 15) is 4.79 Å². The summed E-state index contributed by atoms with van der Waals surface area (Å²) >= 11 is 0. The van der Waals surface area contributed by atoms with Crippen molar-refractivity contribution in [3.8, 4) is 11.5 Å². The van der Waals surface area contributed by atoms with Crippen LogP contribution < -0.4 is 16.2 Å². The van der Waals surface area contributed by atoms with Crippen LogP contribution in [0, 0.1) is 0 Å². The predicted octanol–water partition coefficient (Wildman–Crippen LogP) is 3.50. The van der Waals surface area contributed by atoms with Gasteiger partial charge in [-0.15, -0.1) is 0 Å². The molecule has 0 spiro atoms. The maximum atomic E-state index is 11.1. The summed E-state index contributed by atoms with van der Waals surface area (Å²) in [6.45, 7) is 2.18. The first-order valence-corrected chi connectivity index (χ1v) is 7.06. The number of hydrogen-bond donors (Lipinski definition) is 2. The van der Waals surface area contributed by atoms with Crippen LogP contribution in [0.2, 0.25) is 0 Å². The predicted molar refractivity (Wildman–Crippen MR) is 84.5 cm³/mol. The maximum Gasteiger partial charge on any atom is 0.248 e.